The first-order chi connectivity index (χ1) is 6.99. The lowest BCUT2D eigenvalue weighted by Gasteiger charge is -2.14. The van der Waals surface area contributed by atoms with Crippen LogP contribution in [0.25, 0.3) is 0 Å². The van der Waals surface area contributed by atoms with Crippen molar-refractivity contribution in [3.05, 3.63) is 41.5 Å². The normalized spacial score (nSPS) is 12.1. The number of carboxylic acids is 1. The molecule has 4 N–H and O–H groups in total. The number of carbonyl (C=O) groups is 1. The van der Waals surface area contributed by atoms with Crippen LogP contribution in [0.1, 0.15) is 27.5 Å². The monoisotopic (exact) mass is 207 g/mol. The molecule has 4 nitrogen and oxygen atoms in total. The largest absolute Gasteiger partial charge is 0.507 e. The molecule has 0 aromatic heterocycles. The van der Waals surface area contributed by atoms with Gasteiger partial charge in [-0.1, -0.05) is 12.1 Å². The summed E-state index contributed by atoms with van der Waals surface area (Å²) in [6, 6.07) is 2.28. The highest BCUT2D eigenvalue weighted by Crippen LogP contribution is 2.30. The summed E-state index contributed by atoms with van der Waals surface area (Å²) in [5, 5.41) is 18.7. The lowest BCUT2D eigenvalue weighted by atomic mass is 9.97. The SMILES string of the molecule is C=C[C@H](N)c1c(C(=O)O)ccc(C)c1O. The Morgan fingerprint density at radius 3 is 2.67 bits per heavy atom. The molecule has 0 unspecified atom stereocenters. The van der Waals surface area contributed by atoms with Crippen molar-refractivity contribution in [2.75, 3.05) is 0 Å². The van der Waals surface area contributed by atoms with Crippen LogP contribution in [0.2, 0.25) is 0 Å². The van der Waals surface area contributed by atoms with Gasteiger partial charge in [-0.25, -0.2) is 4.79 Å². The molecule has 0 saturated carbocycles. The van der Waals surface area contributed by atoms with Gasteiger partial charge < -0.3 is 15.9 Å². The number of aromatic carboxylic acids is 1. The highest BCUT2D eigenvalue weighted by Gasteiger charge is 2.19. The Hall–Kier alpha value is -1.81. The maximum absolute atomic E-state index is 10.9. The van der Waals surface area contributed by atoms with Crippen LogP contribution in [0.15, 0.2) is 24.8 Å². The van der Waals surface area contributed by atoms with E-state index >= 15 is 0 Å². The number of hydrogen-bond donors (Lipinski definition) is 3. The van der Waals surface area contributed by atoms with Crippen LogP contribution < -0.4 is 5.73 Å². The minimum Gasteiger partial charge on any atom is -0.507 e. The highest BCUT2D eigenvalue weighted by molar-refractivity contribution is 5.90. The third kappa shape index (κ3) is 1.99. The van der Waals surface area contributed by atoms with Crippen LogP contribution in [0.5, 0.6) is 5.75 Å². The molecule has 0 bridgehead atoms. The van der Waals surface area contributed by atoms with Gasteiger partial charge in [0.05, 0.1) is 11.6 Å². The molecule has 0 fully saturated rings. The third-order valence-electron chi connectivity index (χ3n) is 2.24. The van der Waals surface area contributed by atoms with Gasteiger partial charge in [-0.2, -0.15) is 0 Å². The first-order valence-corrected chi connectivity index (χ1v) is 4.43. The summed E-state index contributed by atoms with van der Waals surface area (Å²) in [5.41, 5.74) is 6.46. The van der Waals surface area contributed by atoms with Crippen LogP contribution in [-0.2, 0) is 0 Å². The van der Waals surface area contributed by atoms with E-state index in [2.05, 4.69) is 6.58 Å². The Bertz CT molecular complexity index is 413. The van der Waals surface area contributed by atoms with E-state index in [9.17, 15) is 9.90 Å². The van der Waals surface area contributed by atoms with Gasteiger partial charge in [0.25, 0.3) is 0 Å². The number of phenolic OH excluding ortho intramolecular Hbond substituents is 1. The van der Waals surface area contributed by atoms with Gasteiger partial charge in [0.1, 0.15) is 5.75 Å². The molecule has 1 aromatic carbocycles. The van der Waals surface area contributed by atoms with Gasteiger partial charge in [-0.15, -0.1) is 6.58 Å². The predicted molar refractivity (Wildman–Crippen MR) is 56.9 cm³/mol. The van der Waals surface area contributed by atoms with E-state index in [1.54, 1.807) is 6.92 Å². The number of phenols is 1. The Labute approximate surface area is 87.7 Å². The fourth-order valence-electron chi connectivity index (χ4n) is 1.36. The summed E-state index contributed by atoms with van der Waals surface area (Å²) in [4.78, 5) is 10.9. The molecule has 1 rings (SSSR count). The van der Waals surface area contributed by atoms with Crippen LogP contribution in [-0.4, -0.2) is 16.2 Å². The first-order valence-electron chi connectivity index (χ1n) is 4.43. The Balaban J connectivity index is 3.48. The molecule has 15 heavy (non-hydrogen) atoms. The summed E-state index contributed by atoms with van der Waals surface area (Å²) >= 11 is 0. The summed E-state index contributed by atoms with van der Waals surface area (Å²) in [5.74, 6) is -1.19. The molecule has 0 radical (unpaired) electrons. The lowest BCUT2D eigenvalue weighted by molar-refractivity contribution is 0.0695. The van der Waals surface area contributed by atoms with E-state index in [0.29, 0.717) is 5.56 Å². The van der Waals surface area contributed by atoms with Crippen LogP contribution in [0, 0.1) is 6.92 Å². The molecule has 0 heterocycles. The highest BCUT2D eigenvalue weighted by atomic mass is 16.4. The maximum atomic E-state index is 10.9. The van der Waals surface area contributed by atoms with Gasteiger partial charge in [0.2, 0.25) is 0 Å². The van der Waals surface area contributed by atoms with Crippen LogP contribution in [0.3, 0.4) is 0 Å². The number of nitrogens with two attached hydrogens (primary N) is 1. The predicted octanol–water partition coefficient (Wildman–Crippen LogP) is 1.58. The zero-order valence-electron chi connectivity index (χ0n) is 8.40. The second-order valence-corrected chi connectivity index (χ2v) is 3.26. The maximum Gasteiger partial charge on any atom is 0.336 e. The third-order valence-corrected chi connectivity index (χ3v) is 2.24. The fourth-order valence-corrected chi connectivity index (χ4v) is 1.36. The van der Waals surface area contributed by atoms with Crippen molar-refractivity contribution in [3.8, 4) is 5.75 Å². The van der Waals surface area contributed by atoms with E-state index in [1.165, 1.54) is 18.2 Å². The molecule has 1 aromatic rings. The van der Waals surface area contributed by atoms with Gasteiger partial charge in [0.15, 0.2) is 0 Å². The summed E-state index contributed by atoms with van der Waals surface area (Å²) in [6.07, 6.45) is 1.39. The number of aryl methyl sites for hydroxylation is 1. The second kappa shape index (κ2) is 4.14. The quantitative estimate of drug-likeness (QED) is 0.657. The van der Waals surface area contributed by atoms with Crippen molar-refractivity contribution in [1.82, 2.24) is 0 Å². The minimum atomic E-state index is -1.11. The number of aromatic hydroxyl groups is 1. The van der Waals surface area contributed by atoms with Gasteiger partial charge >= 0.3 is 5.97 Å². The van der Waals surface area contributed by atoms with E-state index in [0.717, 1.165) is 0 Å². The molecule has 0 aliphatic carbocycles. The minimum absolute atomic E-state index is 0.00509. The zero-order chi connectivity index (χ0) is 11.6. The smallest absolute Gasteiger partial charge is 0.336 e. The second-order valence-electron chi connectivity index (χ2n) is 3.26. The number of benzene rings is 1. The van der Waals surface area contributed by atoms with Crippen molar-refractivity contribution in [2.24, 2.45) is 5.73 Å². The molecule has 4 heteroatoms. The average molecular weight is 207 g/mol. The topological polar surface area (TPSA) is 83.6 Å². The molecule has 0 aliphatic heterocycles. The molecule has 0 spiro atoms. The molecule has 0 aliphatic rings. The Kier molecular flexibility index (Phi) is 3.11. The van der Waals surface area contributed by atoms with Crippen molar-refractivity contribution < 1.29 is 15.0 Å². The van der Waals surface area contributed by atoms with E-state index in [1.807, 2.05) is 0 Å². The summed E-state index contributed by atoms with van der Waals surface area (Å²) in [6.45, 7) is 5.16. The molecule has 1 atom stereocenters. The van der Waals surface area contributed by atoms with E-state index in [4.69, 9.17) is 10.8 Å². The van der Waals surface area contributed by atoms with Gasteiger partial charge in [0, 0.05) is 5.56 Å². The van der Waals surface area contributed by atoms with Crippen molar-refractivity contribution in [1.29, 1.82) is 0 Å². The van der Waals surface area contributed by atoms with Crippen molar-refractivity contribution >= 4 is 5.97 Å². The van der Waals surface area contributed by atoms with E-state index < -0.39 is 12.0 Å². The number of carboxylic acid groups (broad SMARTS) is 1. The Morgan fingerprint density at radius 2 is 2.20 bits per heavy atom. The molecular formula is C11H13NO3. The summed E-state index contributed by atoms with van der Waals surface area (Å²) in [7, 11) is 0. The molecular weight excluding hydrogens is 194 g/mol. The zero-order valence-corrected chi connectivity index (χ0v) is 8.40. The van der Waals surface area contributed by atoms with Crippen LogP contribution in [0.4, 0.5) is 0 Å². The molecule has 0 amide bonds. The van der Waals surface area contributed by atoms with Crippen molar-refractivity contribution in [3.63, 3.8) is 0 Å². The van der Waals surface area contributed by atoms with Crippen molar-refractivity contribution in [2.45, 2.75) is 13.0 Å². The Morgan fingerprint density at radius 1 is 1.60 bits per heavy atom. The molecule has 0 saturated heterocycles. The standard InChI is InChI=1S/C11H13NO3/c1-3-8(12)9-7(11(14)15)5-4-6(2)10(9)13/h3-5,8,13H,1,12H2,2H3,(H,14,15)/t8-/m0/s1. The fraction of sp³-hybridized carbons (Fsp3) is 0.182. The summed E-state index contributed by atoms with van der Waals surface area (Å²) < 4.78 is 0. The first kappa shape index (κ1) is 11.3. The number of hydrogen-bond acceptors (Lipinski definition) is 3. The number of rotatable bonds is 3. The lowest BCUT2D eigenvalue weighted by Crippen LogP contribution is -2.13. The molecule has 80 valence electrons. The average Bonchev–Trinajstić information content (AvgIpc) is 2.20. The van der Waals surface area contributed by atoms with Gasteiger partial charge in [-0.3, -0.25) is 0 Å². The van der Waals surface area contributed by atoms with Gasteiger partial charge in [-0.05, 0) is 18.6 Å². The van der Waals surface area contributed by atoms with Crippen LogP contribution >= 0.6 is 0 Å². The van der Waals surface area contributed by atoms with E-state index in [-0.39, 0.29) is 16.9 Å².